The van der Waals surface area contributed by atoms with E-state index < -0.39 is 11.5 Å². The molecule has 4 nitrogen and oxygen atoms in total. The maximum Gasteiger partial charge on any atom is 0.269 e. The van der Waals surface area contributed by atoms with Crippen LogP contribution in [0.2, 0.25) is 10.0 Å². The summed E-state index contributed by atoms with van der Waals surface area (Å²) in [6.07, 6.45) is 0. The minimum absolute atomic E-state index is 0.0142. The van der Waals surface area contributed by atoms with Gasteiger partial charge >= 0.3 is 0 Å². The van der Waals surface area contributed by atoms with Crippen LogP contribution < -0.4 is 5.56 Å². The number of aromatic nitrogens is 2. The maximum atomic E-state index is 12.8. The summed E-state index contributed by atoms with van der Waals surface area (Å²) in [5, 5.41) is 0.783. The average molecular weight is 393 g/mol. The molecule has 0 aliphatic carbocycles. The molecular weight excluding hydrogens is 379 g/mol. The normalized spacial score (nSPS) is 11.2. The maximum absolute atomic E-state index is 12.8. The van der Waals surface area contributed by atoms with Crippen LogP contribution in [-0.2, 0) is 0 Å². The zero-order chi connectivity index (χ0) is 18.3. The standard InChI is InChI=1S/C18H14Cl2N2O2S/c1-9(2)10-3-5-11(6-4-10)16(23)22-17(24)13-7-12(19)8-14(20)15(13)21-18(22)25/h3-9H,1-2H3,(H,21,25). The van der Waals surface area contributed by atoms with Crippen molar-refractivity contribution < 1.29 is 4.79 Å². The number of hydrogen-bond donors (Lipinski definition) is 1. The van der Waals surface area contributed by atoms with Gasteiger partial charge in [-0.2, -0.15) is 0 Å². The van der Waals surface area contributed by atoms with Crippen molar-refractivity contribution in [2.75, 3.05) is 0 Å². The van der Waals surface area contributed by atoms with E-state index in [2.05, 4.69) is 18.8 Å². The Labute approximate surface area is 159 Å². The fraction of sp³-hybridized carbons (Fsp3) is 0.167. The van der Waals surface area contributed by atoms with Gasteiger partial charge in [0.1, 0.15) is 0 Å². The molecule has 0 fully saturated rings. The van der Waals surface area contributed by atoms with Crippen LogP contribution in [0.3, 0.4) is 0 Å². The highest BCUT2D eigenvalue weighted by Crippen LogP contribution is 2.24. The van der Waals surface area contributed by atoms with Crippen LogP contribution in [0.1, 0.15) is 35.7 Å². The lowest BCUT2D eigenvalue weighted by Crippen LogP contribution is -2.29. The van der Waals surface area contributed by atoms with Gasteiger partial charge in [0.2, 0.25) is 0 Å². The molecule has 1 N–H and O–H groups in total. The SMILES string of the molecule is CC(C)c1ccc(C(=O)n2c(=S)[nH]c3c(Cl)cc(Cl)cc3c2=O)cc1. The summed E-state index contributed by atoms with van der Waals surface area (Å²) < 4.78 is 0.911. The second kappa shape index (κ2) is 6.75. The van der Waals surface area contributed by atoms with Gasteiger partial charge in [-0.15, -0.1) is 0 Å². The molecule has 25 heavy (non-hydrogen) atoms. The minimum Gasteiger partial charge on any atom is -0.330 e. The molecule has 0 saturated carbocycles. The van der Waals surface area contributed by atoms with Gasteiger partial charge in [-0.3, -0.25) is 9.59 Å². The monoisotopic (exact) mass is 392 g/mol. The van der Waals surface area contributed by atoms with Crippen molar-refractivity contribution in [3.63, 3.8) is 0 Å². The largest absolute Gasteiger partial charge is 0.330 e. The van der Waals surface area contributed by atoms with Gasteiger partial charge in [0, 0.05) is 10.6 Å². The van der Waals surface area contributed by atoms with E-state index in [1.165, 1.54) is 12.1 Å². The Balaban J connectivity index is 2.20. The van der Waals surface area contributed by atoms with Crippen LogP contribution >= 0.6 is 35.4 Å². The Bertz CT molecular complexity index is 1100. The van der Waals surface area contributed by atoms with E-state index in [0.29, 0.717) is 22.0 Å². The first kappa shape index (κ1) is 17.9. The first-order chi connectivity index (χ1) is 11.8. The number of carbonyl (C=O) groups excluding carboxylic acids is 1. The Morgan fingerprint density at radius 1 is 1.16 bits per heavy atom. The van der Waals surface area contributed by atoms with Crippen molar-refractivity contribution >= 4 is 52.2 Å². The molecule has 0 unspecified atom stereocenters. The van der Waals surface area contributed by atoms with Crippen molar-refractivity contribution in [3.8, 4) is 0 Å². The highest BCUT2D eigenvalue weighted by Gasteiger charge is 2.16. The van der Waals surface area contributed by atoms with E-state index in [0.717, 1.165) is 10.1 Å². The zero-order valence-corrected chi connectivity index (χ0v) is 15.8. The first-order valence-corrected chi connectivity index (χ1v) is 8.74. The number of hydrogen-bond acceptors (Lipinski definition) is 3. The first-order valence-electron chi connectivity index (χ1n) is 7.58. The highest BCUT2D eigenvalue weighted by atomic mass is 35.5. The number of nitrogens with one attached hydrogen (secondary N) is 1. The van der Waals surface area contributed by atoms with Crippen LogP contribution in [0.5, 0.6) is 0 Å². The number of nitrogens with zero attached hydrogens (tertiary/aromatic N) is 1. The fourth-order valence-electron chi connectivity index (χ4n) is 2.57. The van der Waals surface area contributed by atoms with Gasteiger partial charge in [0.25, 0.3) is 11.5 Å². The van der Waals surface area contributed by atoms with Crippen LogP contribution in [0.25, 0.3) is 10.9 Å². The van der Waals surface area contributed by atoms with E-state index in [9.17, 15) is 9.59 Å². The van der Waals surface area contributed by atoms with Crippen LogP contribution in [-0.4, -0.2) is 15.5 Å². The molecule has 2 aromatic carbocycles. The van der Waals surface area contributed by atoms with Gasteiger partial charge in [-0.25, -0.2) is 4.57 Å². The molecule has 0 atom stereocenters. The molecule has 0 saturated heterocycles. The topological polar surface area (TPSA) is 54.9 Å². The van der Waals surface area contributed by atoms with Crippen molar-refractivity contribution in [3.05, 3.63) is 72.7 Å². The van der Waals surface area contributed by atoms with Crippen molar-refractivity contribution in [2.24, 2.45) is 0 Å². The second-order valence-electron chi connectivity index (χ2n) is 5.96. The molecular formula is C18H14Cl2N2O2S. The van der Waals surface area contributed by atoms with E-state index in [-0.39, 0.29) is 15.2 Å². The third kappa shape index (κ3) is 3.27. The van der Waals surface area contributed by atoms with Gasteiger partial charge in [0.05, 0.1) is 15.9 Å². The summed E-state index contributed by atoms with van der Waals surface area (Å²) in [5.74, 6) is -0.153. The molecule has 1 aromatic heterocycles. The number of benzene rings is 2. The number of carbonyl (C=O) groups is 1. The third-order valence-corrected chi connectivity index (χ3v) is 4.75. The Morgan fingerprint density at radius 3 is 2.40 bits per heavy atom. The number of H-pyrrole nitrogens is 1. The van der Waals surface area contributed by atoms with Gasteiger partial charge in [-0.05, 0) is 48.0 Å². The highest BCUT2D eigenvalue weighted by molar-refractivity contribution is 7.71. The van der Waals surface area contributed by atoms with Crippen molar-refractivity contribution in [2.45, 2.75) is 19.8 Å². The lowest BCUT2D eigenvalue weighted by atomic mass is 10.0. The summed E-state index contributed by atoms with van der Waals surface area (Å²) >= 11 is 17.3. The van der Waals surface area contributed by atoms with E-state index >= 15 is 0 Å². The zero-order valence-electron chi connectivity index (χ0n) is 13.5. The number of halogens is 2. The van der Waals surface area contributed by atoms with Crippen LogP contribution in [0.15, 0.2) is 41.2 Å². The van der Waals surface area contributed by atoms with Crippen LogP contribution in [0.4, 0.5) is 0 Å². The molecule has 3 rings (SSSR count). The summed E-state index contributed by atoms with van der Waals surface area (Å²) in [5.41, 5.74) is 1.28. The lowest BCUT2D eigenvalue weighted by Gasteiger charge is -2.10. The molecule has 0 aliphatic heterocycles. The summed E-state index contributed by atoms with van der Waals surface area (Å²) in [4.78, 5) is 28.4. The molecule has 0 amide bonds. The number of rotatable bonds is 2. The quantitative estimate of drug-likeness (QED) is 0.611. The molecule has 1 heterocycles. The van der Waals surface area contributed by atoms with E-state index in [1.54, 1.807) is 12.1 Å². The Kier molecular flexibility index (Phi) is 4.82. The average Bonchev–Trinajstić information content (AvgIpc) is 2.56. The molecule has 0 spiro atoms. The molecule has 0 aliphatic rings. The Morgan fingerprint density at radius 2 is 1.80 bits per heavy atom. The molecule has 0 bridgehead atoms. The molecule has 3 aromatic rings. The summed E-state index contributed by atoms with van der Waals surface area (Å²) in [7, 11) is 0. The van der Waals surface area contributed by atoms with Crippen molar-refractivity contribution in [1.82, 2.24) is 9.55 Å². The van der Waals surface area contributed by atoms with E-state index in [1.807, 2.05) is 12.1 Å². The molecule has 128 valence electrons. The van der Waals surface area contributed by atoms with Gasteiger partial charge < -0.3 is 4.98 Å². The molecule has 0 radical (unpaired) electrons. The predicted molar refractivity (Wildman–Crippen MR) is 104 cm³/mol. The summed E-state index contributed by atoms with van der Waals surface area (Å²) in [6, 6.07) is 10.1. The number of aromatic amines is 1. The predicted octanol–water partition coefficient (Wildman–Crippen LogP) is 5.18. The van der Waals surface area contributed by atoms with Crippen LogP contribution in [0, 0.1) is 4.77 Å². The minimum atomic E-state index is -0.555. The summed E-state index contributed by atoms with van der Waals surface area (Å²) in [6.45, 7) is 4.13. The smallest absolute Gasteiger partial charge is 0.269 e. The van der Waals surface area contributed by atoms with E-state index in [4.69, 9.17) is 35.4 Å². The van der Waals surface area contributed by atoms with Gasteiger partial charge in [0.15, 0.2) is 4.77 Å². The third-order valence-electron chi connectivity index (χ3n) is 3.95. The Hall–Kier alpha value is -1.95. The second-order valence-corrected chi connectivity index (χ2v) is 7.19. The van der Waals surface area contributed by atoms with Crippen molar-refractivity contribution in [1.29, 1.82) is 0 Å². The fourth-order valence-corrected chi connectivity index (χ4v) is 3.38. The lowest BCUT2D eigenvalue weighted by molar-refractivity contribution is 0.0953. The number of fused-ring (bicyclic) bond motifs is 1. The van der Waals surface area contributed by atoms with Gasteiger partial charge in [-0.1, -0.05) is 49.2 Å². The molecule has 7 heteroatoms.